The number of hydrogen-bond acceptors (Lipinski definition) is 7. The van der Waals surface area contributed by atoms with Crippen LogP contribution in [0.4, 0.5) is 5.95 Å². The van der Waals surface area contributed by atoms with E-state index >= 15 is 0 Å². The number of ether oxygens (including phenoxy) is 3. The zero-order chi connectivity index (χ0) is 19.4. The summed E-state index contributed by atoms with van der Waals surface area (Å²) in [7, 11) is 4.69. The SMILES string of the molecule is COc1ccc(-c2nc(N)n(C(=O)Cc3ccc(OC)c(OC)c3)n2)cc1. The Morgan fingerprint density at radius 3 is 2.33 bits per heavy atom. The first-order valence-corrected chi connectivity index (χ1v) is 8.16. The monoisotopic (exact) mass is 368 g/mol. The maximum atomic E-state index is 12.6. The van der Waals surface area contributed by atoms with Crippen LogP contribution < -0.4 is 19.9 Å². The molecule has 8 heteroatoms. The molecule has 0 atom stereocenters. The first kappa shape index (κ1) is 18.2. The minimum atomic E-state index is -0.299. The van der Waals surface area contributed by atoms with Gasteiger partial charge in [0.25, 0.3) is 5.91 Å². The molecule has 0 unspecified atom stereocenters. The van der Waals surface area contributed by atoms with E-state index < -0.39 is 0 Å². The van der Waals surface area contributed by atoms with E-state index in [1.807, 2.05) is 0 Å². The summed E-state index contributed by atoms with van der Waals surface area (Å²) in [5.41, 5.74) is 7.38. The van der Waals surface area contributed by atoms with Crippen LogP contribution in [0.2, 0.25) is 0 Å². The molecule has 0 amide bonds. The van der Waals surface area contributed by atoms with Gasteiger partial charge in [-0.1, -0.05) is 6.07 Å². The van der Waals surface area contributed by atoms with Gasteiger partial charge >= 0.3 is 0 Å². The van der Waals surface area contributed by atoms with Gasteiger partial charge in [-0.3, -0.25) is 4.79 Å². The lowest BCUT2D eigenvalue weighted by Crippen LogP contribution is -2.17. The molecule has 0 aliphatic rings. The predicted molar refractivity (Wildman–Crippen MR) is 100 cm³/mol. The molecular weight excluding hydrogens is 348 g/mol. The van der Waals surface area contributed by atoms with E-state index in [0.29, 0.717) is 17.3 Å². The smallest absolute Gasteiger partial charge is 0.254 e. The Labute approximate surface area is 156 Å². The highest BCUT2D eigenvalue weighted by Gasteiger charge is 2.16. The van der Waals surface area contributed by atoms with Crippen molar-refractivity contribution < 1.29 is 19.0 Å². The van der Waals surface area contributed by atoms with E-state index in [0.717, 1.165) is 21.6 Å². The van der Waals surface area contributed by atoms with Crippen LogP contribution in [0.25, 0.3) is 11.4 Å². The Morgan fingerprint density at radius 1 is 1.00 bits per heavy atom. The van der Waals surface area contributed by atoms with Crippen molar-refractivity contribution in [3.8, 4) is 28.6 Å². The number of carbonyl (C=O) groups is 1. The Morgan fingerprint density at radius 2 is 1.70 bits per heavy atom. The molecule has 27 heavy (non-hydrogen) atoms. The molecule has 0 spiro atoms. The molecule has 3 aromatic rings. The second kappa shape index (κ2) is 7.77. The Balaban J connectivity index is 1.82. The fraction of sp³-hybridized carbons (Fsp3) is 0.211. The standard InChI is InChI=1S/C19H20N4O4/c1-25-14-7-5-13(6-8-14)18-21-19(20)23(22-18)17(24)11-12-4-9-15(26-2)16(10-12)27-3/h4-10H,11H2,1-3H3,(H2,20,21,22). The summed E-state index contributed by atoms with van der Waals surface area (Å²) in [4.78, 5) is 16.8. The van der Waals surface area contributed by atoms with E-state index in [1.54, 1.807) is 63.8 Å². The highest BCUT2D eigenvalue weighted by Crippen LogP contribution is 2.28. The van der Waals surface area contributed by atoms with E-state index in [4.69, 9.17) is 19.9 Å². The number of rotatable bonds is 6. The van der Waals surface area contributed by atoms with E-state index in [9.17, 15) is 4.79 Å². The van der Waals surface area contributed by atoms with Gasteiger partial charge in [0.05, 0.1) is 27.8 Å². The molecule has 1 aromatic heterocycles. The summed E-state index contributed by atoms with van der Waals surface area (Å²) in [6.07, 6.45) is 0.0932. The van der Waals surface area contributed by atoms with Gasteiger partial charge in [0.15, 0.2) is 17.3 Å². The molecule has 140 valence electrons. The summed E-state index contributed by atoms with van der Waals surface area (Å²) >= 11 is 0. The summed E-state index contributed by atoms with van der Waals surface area (Å²) in [5.74, 6) is 1.97. The predicted octanol–water partition coefficient (Wildman–Crippen LogP) is 2.44. The molecule has 2 aromatic carbocycles. The van der Waals surface area contributed by atoms with Gasteiger partial charge in [0, 0.05) is 5.56 Å². The Hall–Kier alpha value is -3.55. The number of carbonyl (C=O) groups excluding carboxylic acids is 1. The van der Waals surface area contributed by atoms with Crippen molar-refractivity contribution in [3.05, 3.63) is 48.0 Å². The average molecular weight is 368 g/mol. The summed E-state index contributed by atoms with van der Waals surface area (Å²) in [6.45, 7) is 0. The first-order valence-electron chi connectivity index (χ1n) is 8.16. The third kappa shape index (κ3) is 3.84. The average Bonchev–Trinajstić information content (AvgIpc) is 3.09. The maximum absolute atomic E-state index is 12.6. The van der Waals surface area contributed by atoms with E-state index in [2.05, 4.69) is 10.1 Å². The lowest BCUT2D eigenvalue weighted by Gasteiger charge is -2.09. The highest BCUT2D eigenvalue weighted by atomic mass is 16.5. The van der Waals surface area contributed by atoms with Gasteiger partial charge in [-0.05, 0) is 42.0 Å². The quantitative estimate of drug-likeness (QED) is 0.713. The molecule has 0 saturated carbocycles. The minimum absolute atomic E-state index is 0.0336. The fourth-order valence-corrected chi connectivity index (χ4v) is 2.61. The number of methoxy groups -OCH3 is 3. The number of benzene rings is 2. The lowest BCUT2D eigenvalue weighted by molar-refractivity contribution is 0.0901. The van der Waals surface area contributed by atoms with Crippen LogP contribution in [0.5, 0.6) is 17.2 Å². The van der Waals surface area contributed by atoms with Crippen LogP contribution in [-0.4, -0.2) is 42.0 Å². The van der Waals surface area contributed by atoms with Crippen LogP contribution in [-0.2, 0) is 6.42 Å². The van der Waals surface area contributed by atoms with Crippen LogP contribution in [0.3, 0.4) is 0 Å². The maximum Gasteiger partial charge on any atom is 0.254 e. The van der Waals surface area contributed by atoms with Crippen molar-refractivity contribution in [2.24, 2.45) is 0 Å². The van der Waals surface area contributed by atoms with Crippen molar-refractivity contribution >= 4 is 11.9 Å². The number of anilines is 1. The van der Waals surface area contributed by atoms with Crippen LogP contribution in [0.1, 0.15) is 10.4 Å². The van der Waals surface area contributed by atoms with Gasteiger partial charge in [0.2, 0.25) is 5.95 Å². The summed E-state index contributed by atoms with van der Waals surface area (Å²) in [6, 6.07) is 12.5. The first-order chi connectivity index (χ1) is 13.0. The van der Waals surface area contributed by atoms with Gasteiger partial charge in [0.1, 0.15) is 5.75 Å². The molecule has 0 radical (unpaired) electrons. The molecule has 0 aliphatic heterocycles. The van der Waals surface area contributed by atoms with Crippen LogP contribution in [0.15, 0.2) is 42.5 Å². The fourth-order valence-electron chi connectivity index (χ4n) is 2.61. The van der Waals surface area contributed by atoms with Crippen molar-refractivity contribution in [1.82, 2.24) is 14.8 Å². The zero-order valence-electron chi connectivity index (χ0n) is 15.3. The minimum Gasteiger partial charge on any atom is -0.497 e. The topological polar surface area (TPSA) is 101 Å². The molecule has 0 saturated heterocycles. The number of hydrogen-bond donors (Lipinski definition) is 1. The van der Waals surface area contributed by atoms with Crippen LogP contribution >= 0.6 is 0 Å². The molecule has 1 heterocycles. The molecule has 8 nitrogen and oxygen atoms in total. The van der Waals surface area contributed by atoms with Crippen molar-refractivity contribution in [2.75, 3.05) is 27.1 Å². The zero-order valence-corrected chi connectivity index (χ0v) is 15.3. The van der Waals surface area contributed by atoms with Gasteiger partial charge < -0.3 is 19.9 Å². The highest BCUT2D eigenvalue weighted by molar-refractivity contribution is 5.83. The van der Waals surface area contributed by atoms with Crippen molar-refractivity contribution in [3.63, 3.8) is 0 Å². The van der Waals surface area contributed by atoms with Crippen molar-refractivity contribution in [2.45, 2.75) is 6.42 Å². The lowest BCUT2D eigenvalue weighted by atomic mass is 10.1. The van der Waals surface area contributed by atoms with E-state index in [1.165, 1.54) is 0 Å². The molecule has 3 rings (SSSR count). The number of nitrogens with two attached hydrogens (primary N) is 1. The molecule has 0 bridgehead atoms. The van der Waals surface area contributed by atoms with Gasteiger partial charge in [-0.25, -0.2) is 0 Å². The van der Waals surface area contributed by atoms with Crippen LogP contribution in [0, 0.1) is 0 Å². The number of aromatic nitrogens is 3. The third-order valence-corrected chi connectivity index (χ3v) is 4.02. The second-order valence-corrected chi connectivity index (χ2v) is 5.69. The molecule has 0 aliphatic carbocycles. The second-order valence-electron chi connectivity index (χ2n) is 5.69. The Bertz CT molecular complexity index is 951. The summed E-state index contributed by atoms with van der Waals surface area (Å²) < 4.78 is 16.7. The molecule has 0 fully saturated rings. The summed E-state index contributed by atoms with van der Waals surface area (Å²) in [5, 5.41) is 4.24. The third-order valence-electron chi connectivity index (χ3n) is 4.02. The number of nitrogen functional groups attached to an aromatic ring is 1. The van der Waals surface area contributed by atoms with Crippen molar-refractivity contribution in [1.29, 1.82) is 0 Å². The van der Waals surface area contributed by atoms with E-state index in [-0.39, 0.29) is 18.3 Å². The normalized spacial score (nSPS) is 10.5. The molecular formula is C19H20N4O4. The Kier molecular flexibility index (Phi) is 5.25. The molecule has 2 N–H and O–H groups in total. The van der Waals surface area contributed by atoms with Gasteiger partial charge in [-0.15, -0.1) is 5.10 Å². The van der Waals surface area contributed by atoms with Gasteiger partial charge in [-0.2, -0.15) is 9.67 Å². The largest absolute Gasteiger partial charge is 0.497 e. The number of nitrogens with zero attached hydrogens (tertiary/aromatic N) is 3.